The van der Waals surface area contributed by atoms with Crippen molar-refractivity contribution in [3.8, 4) is 0 Å². The normalized spacial score (nSPS) is 12.8. The Labute approximate surface area is 117 Å². The van der Waals surface area contributed by atoms with Crippen LogP contribution in [0.3, 0.4) is 0 Å². The van der Waals surface area contributed by atoms with Gasteiger partial charge in [0.15, 0.2) is 0 Å². The monoisotopic (exact) mass is 268 g/mol. The number of hydrogen-bond donors (Lipinski definition) is 3. The van der Waals surface area contributed by atoms with Gasteiger partial charge >= 0.3 is 0 Å². The summed E-state index contributed by atoms with van der Waals surface area (Å²) in [7, 11) is 0. The molecular formula is C15H16N4O. The first-order chi connectivity index (χ1) is 9.68. The summed E-state index contributed by atoms with van der Waals surface area (Å²) >= 11 is 0. The molecule has 0 aromatic heterocycles. The molecule has 5 nitrogen and oxygen atoms in total. The average molecular weight is 268 g/mol. The number of aliphatic hydroxyl groups excluding tert-OH is 1. The first-order valence-corrected chi connectivity index (χ1v) is 6.13. The molecule has 0 saturated heterocycles. The lowest BCUT2D eigenvalue weighted by Crippen LogP contribution is -2.22. The molecule has 5 N–H and O–H groups in total. The highest BCUT2D eigenvalue weighted by atomic mass is 16.3. The van der Waals surface area contributed by atoms with Gasteiger partial charge < -0.3 is 16.6 Å². The van der Waals surface area contributed by atoms with Crippen LogP contribution in [-0.4, -0.2) is 16.8 Å². The Morgan fingerprint density at radius 3 is 1.95 bits per heavy atom. The van der Waals surface area contributed by atoms with Crippen molar-refractivity contribution in [2.45, 2.75) is 6.10 Å². The fourth-order valence-corrected chi connectivity index (χ4v) is 1.78. The number of hydrogen-bond acceptors (Lipinski definition) is 3. The van der Waals surface area contributed by atoms with E-state index in [-0.39, 0.29) is 5.96 Å². The standard InChI is InChI=1S/C15H16N4O/c16-15(17)19-18-13(11-7-3-1-4-8-11)14(20)12-9-5-2-6-10-12/h1-10,14,20H,(H4,16,17,19)/b18-13+. The summed E-state index contributed by atoms with van der Waals surface area (Å²) < 4.78 is 0. The van der Waals surface area contributed by atoms with E-state index in [9.17, 15) is 5.11 Å². The summed E-state index contributed by atoms with van der Waals surface area (Å²) in [4.78, 5) is 0. The molecule has 2 rings (SSSR count). The molecule has 2 aromatic carbocycles. The smallest absolute Gasteiger partial charge is 0.211 e. The van der Waals surface area contributed by atoms with Crippen molar-refractivity contribution in [1.82, 2.24) is 0 Å². The number of rotatable bonds is 4. The van der Waals surface area contributed by atoms with Gasteiger partial charge in [-0.05, 0) is 5.56 Å². The van der Waals surface area contributed by atoms with Gasteiger partial charge in [0.25, 0.3) is 0 Å². The molecule has 0 aliphatic rings. The van der Waals surface area contributed by atoms with E-state index in [1.165, 1.54) is 0 Å². The van der Waals surface area contributed by atoms with Gasteiger partial charge in [-0.3, -0.25) is 0 Å². The van der Waals surface area contributed by atoms with Crippen LogP contribution < -0.4 is 11.5 Å². The molecule has 0 saturated carbocycles. The molecule has 1 atom stereocenters. The van der Waals surface area contributed by atoms with Crippen LogP contribution in [0.2, 0.25) is 0 Å². The molecule has 0 fully saturated rings. The van der Waals surface area contributed by atoms with E-state index >= 15 is 0 Å². The zero-order chi connectivity index (χ0) is 14.4. The van der Waals surface area contributed by atoms with Crippen LogP contribution in [-0.2, 0) is 0 Å². The molecule has 0 bridgehead atoms. The van der Waals surface area contributed by atoms with Gasteiger partial charge in [0.2, 0.25) is 5.96 Å². The average Bonchev–Trinajstić information content (AvgIpc) is 2.49. The Morgan fingerprint density at radius 2 is 1.40 bits per heavy atom. The second-order valence-electron chi connectivity index (χ2n) is 4.19. The molecule has 0 spiro atoms. The summed E-state index contributed by atoms with van der Waals surface area (Å²) in [5.41, 5.74) is 12.5. The molecule has 0 radical (unpaired) electrons. The molecule has 0 aliphatic heterocycles. The van der Waals surface area contributed by atoms with Gasteiger partial charge in [-0.15, -0.1) is 10.2 Å². The highest BCUT2D eigenvalue weighted by Gasteiger charge is 2.17. The summed E-state index contributed by atoms with van der Waals surface area (Å²) in [5.74, 6) is -0.154. The van der Waals surface area contributed by atoms with E-state index in [4.69, 9.17) is 11.5 Å². The highest BCUT2D eigenvalue weighted by Crippen LogP contribution is 2.19. The second-order valence-corrected chi connectivity index (χ2v) is 4.19. The topological polar surface area (TPSA) is 97.0 Å². The predicted molar refractivity (Wildman–Crippen MR) is 80.2 cm³/mol. The molecule has 102 valence electrons. The Kier molecular flexibility index (Phi) is 4.47. The van der Waals surface area contributed by atoms with Crippen molar-refractivity contribution in [3.05, 3.63) is 71.8 Å². The number of guanidine groups is 1. The second kappa shape index (κ2) is 6.49. The van der Waals surface area contributed by atoms with Gasteiger partial charge in [-0.25, -0.2) is 0 Å². The molecule has 5 heteroatoms. The van der Waals surface area contributed by atoms with E-state index in [2.05, 4.69) is 10.2 Å². The van der Waals surface area contributed by atoms with E-state index < -0.39 is 6.10 Å². The fraction of sp³-hybridized carbons (Fsp3) is 0.0667. The van der Waals surface area contributed by atoms with Crippen LogP contribution in [0, 0.1) is 0 Å². The minimum atomic E-state index is -0.901. The van der Waals surface area contributed by atoms with Crippen molar-refractivity contribution >= 4 is 11.7 Å². The van der Waals surface area contributed by atoms with Crippen LogP contribution >= 0.6 is 0 Å². The van der Waals surface area contributed by atoms with Crippen molar-refractivity contribution in [1.29, 1.82) is 0 Å². The highest BCUT2D eigenvalue weighted by molar-refractivity contribution is 6.04. The zero-order valence-electron chi connectivity index (χ0n) is 10.8. The molecule has 0 amide bonds. The van der Waals surface area contributed by atoms with Crippen LogP contribution in [0.4, 0.5) is 0 Å². The number of benzene rings is 2. The summed E-state index contributed by atoms with van der Waals surface area (Å²) in [6.45, 7) is 0. The summed E-state index contributed by atoms with van der Waals surface area (Å²) in [6, 6.07) is 18.5. The quantitative estimate of drug-likeness (QED) is 0.444. The Hall–Kier alpha value is -2.66. The van der Waals surface area contributed by atoms with E-state index in [0.717, 1.165) is 11.1 Å². The van der Waals surface area contributed by atoms with Crippen LogP contribution in [0.15, 0.2) is 70.9 Å². The lowest BCUT2D eigenvalue weighted by atomic mass is 9.99. The third-order valence-corrected chi connectivity index (χ3v) is 2.72. The van der Waals surface area contributed by atoms with Crippen molar-refractivity contribution in [2.24, 2.45) is 21.7 Å². The Bertz CT molecular complexity index is 604. The summed E-state index contributed by atoms with van der Waals surface area (Å²) in [6.07, 6.45) is -0.901. The first kappa shape index (κ1) is 13.8. The number of nitrogens with two attached hydrogens (primary N) is 2. The fourth-order valence-electron chi connectivity index (χ4n) is 1.78. The first-order valence-electron chi connectivity index (χ1n) is 6.13. The third kappa shape index (κ3) is 3.43. The molecule has 20 heavy (non-hydrogen) atoms. The third-order valence-electron chi connectivity index (χ3n) is 2.72. The maximum Gasteiger partial charge on any atom is 0.211 e. The molecular weight excluding hydrogens is 252 g/mol. The van der Waals surface area contributed by atoms with Gasteiger partial charge in [-0.1, -0.05) is 60.7 Å². The van der Waals surface area contributed by atoms with Gasteiger partial charge in [-0.2, -0.15) is 0 Å². The number of aliphatic hydroxyl groups is 1. The van der Waals surface area contributed by atoms with Crippen molar-refractivity contribution in [3.63, 3.8) is 0 Å². The van der Waals surface area contributed by atoms with Gasteiger partial charge in [0.05, 0.1) is 0 Å². The lowest BCUT2D eigenvalue weighted by Gasteiger charge is -2.13. The number of nitrogens with zero attached hydrogens (tertiary/aromatic N) is 2. The SMILES string of the molecule is NC(N)=N/N=C(\c1ccccc1)C(O)c1ccccc1. The predicted octanol–water partition coefficient (Wildman–Crippen LogP) is 1.40. The van der Waals surface area contributed by atoms with E-state index in [1.54, 1.807) is 0 Å². The van der Waals surface area contributed by atoms with E-state index in [1.807, 2.05) is 60.7 Å². The van der Waals surface area contributed by atoms with Crippen LogP contribution in [0.1, 0.15) is 17.2 Å². The largest absolute Gasteiger partial charge is 0.382 e. The lowest BCUT2D eigenvalue weighted by molar-refractivity contribution is 0.247. The molecule has 2 aromatic rings. The summed E-state index contributed by atoms with van der Waals surface area (Å²) in [5, 5.41) is 18.1. The van der Waals surface area contributed by atoms with Crippen molar-refractivity contribution < 1.29 is 5.11 Å². The van der Waals surface area contributed by atoms with Crippen molar-refractivity contribution in [2.75, 3.05) is 0 Å². The minimum absolute atomic E-state index is 0.154. The Morgan fingerprint density at radius 1 is 0.850 bits per heavy atom. The maximum atomic E-state index is 10.5. The molecule has 0 aliphatic carbocycles. The Balaban J connectivity index is 2.42. The molecule has 1 unspecified atom stereocenters. The van der Waals surface area contributed by atoms with Crippen LogP contribution in [0.25, 0.3) is 0 Å². The van der Waals surface area contributed by atoms with Gasteiger partial charge in [0.1, 0.15) is 11.8 Å². The maximum absolute atomic E-state index is 10.5. The van der Waals surface area contributed by atoms with Crippen LogP contribution in [0.5, 0.6) is 0 Å². The molecule has 0 heterocycles. The zero-order valence-corrected chi connectivity index (χ0v) is 10.8. The van der Waals surface area contributed by atoms with Gasteiger partial charge in [0, 0.05) is 5.56 Å². The van der Waals surface area contributed by atoms with E-state index in [0.29, 0.717) is 5.71 Å². The minimum Gasteiger partial charge on any atom is -0.382 e.